The van der Waals surface area contributed by atoms with Crippen molar-refractivity contribution in [3.8, 4) is 0 Å². The zero-order valence-corrected chi connectivity index (χ0v) is 12.8. The van der Waals surface area contributed by atoms with Crippen LogP contribution in [-0.2, 0) is 0 Å². The fourth-order valence-corrected chi connectivity index (χ4v) is 3.18. The molecule has 6 heteroatoms. The minimum atomic E-state index is -0.165. The summed E-state index contributed by atoms with van der Waals surface area (Å²) in [6.45, 7) is 2.02. The third-order valence-corrected chi connectivity index (χ3v) is 4.46. The lowest BCUT2D eigenvalue weighted by Crippen LogP contribution is -2.15. The van der Waals surface area contributed by atoms with Crippen LogP contribution in [0.25, 0.3) is 17.0 Å². The smallest absolute Gasteiger partial charge is 0.289 e. The molecule has 0 radical (unpaired) electrons. The highest BCUT2D eigenvalue weighted by atomic mass is 35.5. The van der Waals surface area contributed by atoms with Crippen LogP contribution in [0.15, 0.2) is 29.2 Å². The van der Waals surface area contributed by atoms with Gasteiger partial charge in [-0.25, -0.2) is 4.98 Å². The minimum Gasteiger partial charge on any atom is -0.307 e. The van der Waals surface area contributed by atoms with Crippen molar-refractivity contribution in [3.05, 3.63) is 45.5 Å². The van der Waals surface area contributed by atoms with Crippen LogP contribution in [0.1, 0.15) is 11.1 Å². The van der Waals surface area contributed by atoms with Crippen LogP contribution in [0, 0.1) is 6.92 Å². The van der Waals surface area contributed by atoms with E-state index in [2.05, 4.69) is 10.3 Å². The Labute approximate surface area is 130 Å². The van der Waals surface area contributed by atoms with Gasteiger partial charge < -0.3 is 5.32 Å². The van der Waals surface area contributed by atoms with Crippen molar-refractivity contribution < 1.29 is 4.79 Å². The number of carbonyl (C=O) groups is 1. The molecule has 0 spiro atoms. The van der Waals surface area contributed by atoms with Gasteiger partial charge in [0.15, 0.2) is 0 Å². The van der Waals surface area contributed by atoms with E-state index in [-0.39, 0.29) is 5.24 Å². The number of fused-ring (bicyclic) bond motifs is 1. The molecule has 20 heavy (non-hydrogen) atoms. The highest BCUT2D eigenvalue weighted by Gasteiger charge is 2.21. The molecule has 1 aromatic carbocycles. The van der Waals surface area contributed by atoms with Crippen LogP contribution in [0.2, 0.25) is 5.15 Å². The van der Waals surface area contributed by atoms with Gasteiger partial charge in [-0.05, 0) is 43.0 Å². The fraction of sp³-hybridized carbons (Fsp3) is 0.0714. The van der Waals surface area contributed by atoms with Gasteiger partial charge >= 0.3 is 0 Å². The molecule has 100 valence electrons. The fourth-order valence-electron chi connectivity index (χ4n) is 1.95. The summed E-state index contributed by atoms with van der Waals surface area (Å²) in [6, 6.07) is 7.93. The summed E-state index contributed by atoms with van der Waals surface area (Å²) in [5.41, 5.74) is 2.76. The Morgan fingerprint density at radius 1 is 1.40 bits per heavy atom. The second-order valence-electron chi connectivity index (χ2n) is 4.42. The maximum atomic E-state index is 11.3. The molecule has 0 atom stereocenters. The number of rotatable bonds is 1. The topological polar surface area (TPSA) is 42.0 Å². The third-order valence-electron chi connectivity index (χ3n) is 2.88. The number of aromatic nitrogens is 1. The molecule has 0 bridgehead atoms. The molecule has 0 saturated carbocycles. The molecule has 2 heterocycles. The number of pyridine rings is 1. The molecule has 1 N–H and O–H groups in total. The lowest BCUT2D eigenvalue weighted by Gasteiger charge is -2.04. The maximum absolute atomic E-state index is 11.3. The molecule has 1 amide bonds. The second-order valence-corrected chi connectivity index (χ2v) is 6.20. The zero-order valence-electron chi connectivity index (χ0n) is 10.4. The summed E-state index contributed by atoms with van der Waals surface area (Å²) < 4.78 is 0. The van der Waals surface area contributed by atoms with Crippen molar-refractivity contribution in [2.45, 2.75) is 6.92 Å². The number of hydrogen-bond donors (Lipinski definition) is 1. The average molecular weight is 321 g/mol. The molecule has 1 fully saturated rings. The molecule has 1 aliphatic rings. The number of thiocarbonyl (C=S) groups is 1. The number of nitrogens with zero attached hydrogens (tertiary/aromatic N) is 1. The quantitative estimate of drug-likeness (QED) is 0.482. The van der Waals surface area contributed by atoms with E-state index in [1.54, 1.807) is 6.08 Å². The van der Waals surface area contributed by atoms with E-state index in [0.29, 0.717) is 15.0 Å². The monoisotopic (exact) mass is 320 g/mol. The van der Waals surface area contributed by atoms with E-state index in [1.807, 2.05) is 31.2 Å². The van der Waals surface area contributed by atoms with Gasteiger partial charge in [0.1, 0.15) is 10.1 Å². The largest absolute Gasteiger partial charge is 0.307 e. The minimum absolute atomic E-state index is 0.165. The van der Waals surface area contributed by atoms with Gasteiger partial charge in [-0.1, -0.05) is 35.4 Å². The van der Waals surface area contributed by atoms with E-state index in [4.69, 9.17) is 23.8 Å². The molecule has 1 aromatic heterocycles. The molecule has 1 saturated heterocycles. The van der Waals surface area contributed by atoms with Crippen molar-refractivity contribution in [1.29, 1.82) is 0 Å². The van der Waals surface area contributed by atoms with Crippen LogP contribution in [0.4, 0.5) is 4.79 Å². The number of amides is 1. The molecule has 3 rings (SSSR count). The molecule has 0 aliphatic carbocycles. The summed E-state index contributed by atoms with van der Waals surface area (Å²) >= 11 is 12.4. The lowest BCUT2D eigenvalue weighted by molar-refractivity contribution is 0.265. The summed E-state index contributed by atoms with van der Waals surface area (Å²) in [6.07, 6.45) is 1.79. The first kappa shape index (κ1) is 13.5. The first-order valence-corrected chi connectivity index (χ1v) is 7.45. The Balaban J connectivity index is 2.12. The predicted octanol–water partition coefficient (Wildman–Crippen LogP) is 4.32. The van der Waals surface area contributed by atoms with Crippen molar-refractivity contribution in [2.75, 3.05) is 0 Å². The van der Waals surface area contributed by atoms with Crippen LogP contribution in [0.3, 0.4) is 0 Å². The number of thioether (sulfide) groups is 1. The summed E-state index contributed by atoms with van der Waals surface area (Å²) in [4.78, 5) is 16.8. The third kappa shape index (κ3) is 2.57. The van der Waals surface area contributed by atoms with Crippen LogP contribution >= 0.6 is 35.6 Å². The Hall–Kier alpha value is -1.43. The maximum Gasteiger partial charge on any atom is 0.289 e. The van der Waals surface area contributed by atoms with E-state index in [0.717, 1.165) is 33.8 Å². The van der Waals surface area contributed by atoms with Gasteiger partial charge in [0, 0.05) is 10.9 Å². The van der Waals surface area contributed by atoms with Crippen molar-refractivity contribution in [2.24, 2.45) is 0 Å². The van der Waals surface area contributed by atoms with E-state index in [1.165, 1.54) is 0 Å². The highest BCUT2D eigenvalue weighted by molar-refractivity contribution is 8.19. The number of halogens is 1. The number of benzene rings is 1. The first-order chi connectivity index (χ1) is 9.52. The van der Waals surface area contributed by atoms with Crippen LogP contribution in [-0.4, -0.2) is 15.2 Å². The Kier molecular flexibility index (Phi) is 3.50. The predicted molar refractivity (Wildman–Crippen MR) is 88.2 cm³/mol. The zero-order chi connectivity index (χ0) is 14.3. The highest BCUT2D eigenvalue weighted by Crippen LogP contribution is 2.30. The summed E-state index contributed by atoms with van der Waals surface area (Å²) in [5.74, 6) is 0. The number of nitrogens with one attached hydrogen (secondary N) is 1. The Morgan fingerprint density at radius 2 is 2.20 bits per heavy atom. The average Bonchev–Trinajstić information content (AvgIpc) is 2.69. The van der Waals surface area contributed by atoms with Crippen LogP contribution in [0.5, 0.6) is 0 Å². The van der Waals surface area contributed by atoms with E-state index < -0.39 is 0 Å². The van der Waals surface area contributed by atoms with Gasteiger partial charge in [0.25, 0.3) is 5.24 Å². The Morgan fingerprint density at radius 3 is 2.90 bits per heavy atom. The number of aryl methyl sites for hydroxylation is 1. The normalized spacial score (nSPS) is 17.0. The molecule has 1 aliphatic heterocycles. The SMILES string of the molecule is Cc1ccc2nc(Cl)c(C=C3SC(=O)NC3=S)cc2c1. The van der Waals surface area contributed by atoms with Gasteiger partial charge in [-0.2, -0.15) is 0 Å². The van der Waals surface area contributed by atoms with Crippen molar-refractivity contribution in [1.82, 2.24) is 10.3 Å². The molecular weight excluding hydrogens is 312 g/mol. The van der Waals surface area contributed by atoms with Gasteiger partial charge in [0.05, 0.1) is 10.4 Å². The van der Waals surface area contributed by atoms with Crippen LogP contribution < -0.4 is 5.32 Å². The van der Waals surface area contributed by atoms with Crippen molar-refractivity contribution >= 4 is 62.8 Å². The Bertz CT molecular complexity index is 786. The second kappa shape index (κ2) is 5.16. The summed E-state index contributed by atoms with van der Waals surface area (Å²) in [5, 5.41) is 3.82. The lowest BCUT2D eigenvalue weighted by atomic mass is 10.1. The first-order valence-electron chi connectivity index (χ1n) is 5.85. The van der Waals surface area contributed by atoms with E-state index in [9.17, 15) is 4.79 Å². The number of hydrogen-bond acceptors (Lipinski definition) is 4. The van der Waals surface area contributed by atoms with Gasteiger partial charge in [0.2, 0.25) is 0 Å². The molecule has 0 unspecified atom stereocenters. The summed E-state index contributed by atoms with van der Waals surface area (Å²) in [7, 11) is 0. The molecular formula is C14H9ClN2OS2. The van der Waals surface area contributed by atoms with Gasteiger partial charge in [-0.3, -0.25) is 4.79 Å². The number of carbonyl (C=O) groups excluding carboxylic acids is 1. The van der Waals surface area contributed by atoms with Gasteiger partial charge in [-0.15, -0.1) is 0 Å². The standard InChI is InChI=1S/C14H9ClN2OS2/c1-7-2-3-10-8(4-7)5-9(12(15)16-10)6-11-13(19)17-14(18)20-11/h2-6H,1H3,(H,17,18,19). The molecule has 2 aromatic rings. The van der Waals surface area contributed by atoms with E-state index >= 15 is 0 Å². The molecule has 3 nitrogen and oxygen atoms in total. The van der Waals surface area contributed by atoms with Crippen molar-refractivity contribution in [3.63, 3.8) is 0 Å².